The van der Waals surface area contributed by atoms with Crippen LogP contribution < -0.4 is 10.6 Å². The average Bonchev–Trinajstić information content (AvgIpc) is 3.25. The number of hydrogen-bond donors (Lipinski definition) is 3. The van der Waals surface area contributed by atoms with Crippen LogP contribution in [-0.4, -0.2) is 37.7 Å². The molecule has 10 nitrogen and oxygen atoms in total. The number of amides is 2. The fourth-order valence-electron chi connectivity index (χ4n) is 2.82. The summed E-state index contributed by atoms with van der Waals surface area (Å²) < 4.78 is 0. The van der Waals surface area contributed by atoms with Crippen LogP contribution in [0.4, 0.5) is 11.4 Å². The summed E-state index contributed by atoms with van der Waals surface area (Å²) in [6, 6.07) is 14.1. The molecule has 3 aromatic rings. The molecule has 11 heteroatoms. The Morgan fingerprint density at radius 3 is 2.44 bits per heavy atom. The molecule has 0 saturated carbocycles. The van der Waals surface area contributed by atoms with Gasteiger partial charge in [0, 0.05) is 23.4 Å². The summed E-state index contributed by atoms with van der Waals surface area (Å²) in [7, 11) is 0. The lowest BCUT2D eigenvalue weighted by Gasteiger charge is -2.19. The van der Waals surface area contributed by atoms with Crippen molar-refractivity contribution in [2.75, 3.05) is 11.1 Å². The minimum absolute atomic E-state index is 0.0512. The van der Waals surface area contributed by atoms with Crippen molar-refractivity contribution < 1.29 is 14.5 Å². The molecular weight excluding hydrogens is 432 g/mol. The Hall–Kier alpha value is -3.73. The van der Waals surface area contributed by atoms with E-state index in [1.807, 2.05) is 19.9 Å². The Bertz CT molecular complexity index is 1090. The van der Waals surface area contributed by atoms with Crippen LogP contribution in [0.1, 0.15) is 36.1 Å². The van der Waals surface area contributed by atoms with Crippen LogP contribution in [0.2, 0.25) is 0 Å². The van der Waals surface area contributed by atoms with Gasteiger partial charge in [-0.05, 0) is 30.2 Å². The van der Waals surface area contributed by atoms with Crippen molar-refractivity contribution in [1.82, 2.24) is 20.5 Å². The molecule has 3 N–H and O–H groups in total. The molecule has 0 spiro atoms. The standard InChI is InChI=1S/C21H22N6O4S/c1-13(2)18(23-20(29)14-6-4-3-5-7-14)19-24-21(26-25-19)32-12-17(28)22-15-8-10-16(11-9-15)27(30)31/h3-11,13,18H,12H2,1-2H3,(H,22,28)(H,23,29)(H,24,25,26). The van der Waals surface area contributed by atoms with Crippen LogP contribution in [0.25, 0.3) is 0 Å². The molecular formula is C21H22N6O4S. The number of thioether (sulfide) groups is 1. The lowest BCUT2D eigenvalue weighted by atomic mass is 10.0. The molecule has 32 heavy (non-hydrogen) atoms. The number of nitro groups is 1. The Morgan fingerprint density at radius 2 is 1.81 bits per heavy atom. The Morgan fingerprint density at radius 1 is 1.12 bits per heavy atom. The molecule has 1 atom stereocenters. The van der Waals surface area contributed by atoms with E-state index in [0.29, 0.717) is 22.2 Å². The van der Waals surface area contributed by atoms with Crippen molar-refractivity contribution in [3.63, 3.8) is 0 Å². The predicted octanol–water partition coefficient (Wildman–Crippen LogP) is 3.57. The number of rotatable bonds is 9. The minimum atomic E-state index is -0.505. The predicted molar refractivity (Wildman–Crippen MR) is 120 cm³/mol. The first-order valence-corrected chi connectivity index (χ1v) is 10.8. The summed E-state index contributed by atoms with van der Waals surface area (Å²) in [5.41, 5.74) is 0.959. The maximum atomic E-state index is 12.5. The van der Waals surface area contributed by atoms with Gasteiger partial charge in [-0.25, -0.2) is 4.98 Å². The van der Waals surface area contributed by atoms with E-state index in [4.69, 9.17) is 0 Å². The van der Waals surface area contributed by atoms with E-state index in [0.717, 1.165) is 11.8 Å². The highest BCUT2D eigenvalue weighted by molar-refractivity contribution is 7.99. The van der Waals surface area contributed by atoms with Crippen LogP contribution in [0.5, 0.6) is 0 Å². The molecule has 0 aliphatic carbocycles. The van der Waals surface area contributed by atoms with Crippen molar-refractivity contribution in [3.8, 4) is 0 Å². The summed E-state index contributed by atoms with van der Waals surface area (Å²) in [5, 5.41) is 23.7. The number of anilines is 1. The molecule has 0 radical (unpaired) electrons. The molecule has 1 aromatic heterocycles. The third-order valence-electron chi connectivity index (χ3n) is 4.46. The Kier molecular flexibility index (Phi) is 7.55. The SMILES string of the molecule is CC(C)C(NC(=O)c1ccccc1)c1nc(SCC(=O)Nc2ccc([N+](=O)[O-])cc2)n[nH]1. The summed E-state index contributed by atoms with van der Waals surface area (Å²) in [4.78, 5) is 39.3. The van der Waals surface area contributed by atoms with Crippen molar-refractivity contribution in [3.05, 3.63) is 76.1 Å². The van der Waals surface area contributed by atoms with E-state index < -0.39 is 4.92 Å². The quantitative estimate of drug-likeness (QED) is 0.255. The number of benzene rings is 2. The summed E-state index contributed by atoms with van der Waals surface area (Å²) in [6.45, 7) is 3.92. The van der Waals surface area contributed by atoms with Gasteiger partial charge in [0.15, 0.2) is 0 Å². The van der Waals surface area contributed by atoms with Crippen LogP contribution in [0.15, 0.2) is 59.8 Å². The van der Waals surface area contributed by atoms with E-state index >= 15 is 0 Å². The highest BCUT2D eigenvalue weighted by Gasteiger charge is 2.23. The largest absolute Gasteiger partial charge is 0.342 e. The van der Waals surface area contributed by atoms with Crippen LogP contribution in [0.3, 0.4) is 0 Å². The van der Waals surface area contributed by atoms with Gasteiger partial charge >= 0.3 is 0 Å². The Labute approximate surface area is 188 Å². The zero-order valence-electron chi connectivity index (χ0n) is 17.4. The molecule has 0 fully saturated rings. The van der Waals surface area contributed by atoms with Gasteiger partial charge in [-0.1, -0.05) is 43.8 Å². The zero-order chi connectivity index (χ0) is 23.1. The first kappa shape index (κ1) is 22.9. The number of hydrogen-bond acceptors (Lipinski definition) is 7. The van der Waals surface area contributed by atoms with Gasteiger partial charge in [-0.15, -0.1) is 5.10 Å². The molecule has 3 rings (SSSR count). The normalized spacial score (nSPS) is 11.7. The van der Waals surface area contributed by atoms with Gasteiger partial charge < -0.3 is 10.6 Å². The topological polar surface area (TPSA) is 143 Å². The van der Waals surface area contributed by atoms with Gasteiger partial charge in [-0.3, -0.25) is 24.8 Å². The third-order valence-corrected chi connectivity index (χ3v) is 5.31. The minimum Gasteiger partial charge on any atom is -0.342 e. The first-order chi connectivity index (χ1) is 15.3. The van der Waals surface area contributed by atoms with Gasteiger partial charge in [0.05, 0.1) is 16.7 Å². The molecule has 1 unspecified atom stereocenters. The number of non-ortho nitro benzene ring substituents is 1. The van der Waals surface area contributed by atoms with Crippen LogP contribution in [0, 0.1) is 16.0 Å². The van der Waals surface area contributed by atoms with Crippen LogP contribution in [-0.2, 0) is 4.79 Å². The van der Waals surface area contributed by atoms with Crippen molar-refractivity contribution in [2.45, 2.75) is 25.0 Å². The van der Waals surface area contributed by atoms with Gasteiger partial charge in [0.25, 0.3) is 11.6 Å². The van der Waals surface area contributed by atoms with Crippen LogP contribution >= 0.6 is 11.8 Å². The number of carbonyl (C=O) groups excluding carboxylic acids is 2. The number of nitrogens with zero attached hydrogens (tertiary/aromatic N) is 3. The lowest BCUT2D eigenvalue weighted by Crippen LogP contribution is -2.32. The monoisotopic (exact) mass is 454 g/mol. The number of carbonyl (C=O) groups is 2. The van der Waals surface area contributed by atoms with Crippen molar-refractivity contribution >= 4 is 35.0 Å². The summed E-state index contributed by atoms with van der Waals surface area (Å²) >= 11 is 1.13. The van der Waals surface area contributed by atoms with Gasteiger partial charge in [-0.2, -0.15) is 0 Å². The average molecular weight is 455 g/mol. The lowest BCUT2D eigenvalue weighted by molar-refractivity contribution is -0.384. The maximum absolute atomic E-state index is 12.5. The number of aromatic amines is 1. The second-order valence-corrected chi connectivity index (χ2v) is 8.15. The molecule has 0 bridgehead atoms. The summed E-state index contributed by atoms with van der Waals surface area (Å²) in [6.07, 6.45) is 0. The van der Waals surface area contributed by atoms with E-state index in [1.165, 1.54) is 24.3 Å². The molecule has 2 amide bonds. The highest BCUT2D eigenvalue weighted by atomic mass is 32.2. The van der Waals surface area contributed by atoms with Crippen molar-refractivity contribution in [1.29, 1.82) is 0 Å². The van der Waals surface area contributed by atoms with E-state index in [2.05, 4.69) is 25.8 Å². The Balaban J connectivity index is 1.57. The molecule has 1 heterocycles. The van der Waals surface area contributed by atoms with Crippen molar-refractivity contribution in [2.24, 2.45) is 5.92 Å². The zero-order valence-corrected chi connectivity index (χ0v) is 18.3. The maximum Gasteiger partial charge on any atom is 0.269 e. The number of H-pyrrole nitrogens is 1. The van der Waals surface area contributed by atoms with Gasteiger partial charge in [0.2, 0.25) is 11.1 Å². The first-order valence-electron chi connectivity index (χ1n) is 9.79. The molecule has 0 aliphatic heterocycles. The number of nitrogens with one attached hydrogen (secondary N) is 3. The van der Waals surface area contributed by atoms with E-state index in [1.54, 1.807) is 24.3 Å². The number of nitro benzene ring substituents is 1. The second kappa shape index (κ2) is 10.5. The fourth-order valence-corrected chi connectivity index (χ4v) is 3.43. The fraction of sp³-hybridized carbons (Fsp3) is 0.238. The van der Waals surface area contributed by atoms with E-state index in [9.17, 15) is 19.7 Å². The summed E-state index contributed by atoms with van der Waals surface area (Å²) in [5.74, 6) is 0.101. The molecule has 166 valence electrons. The third kappa shape index (κ3) is 6.14. The van der Waals surface area contributed by atoms with Gasteiger partial charge in [0.1, 0.15) is 5.82 Å². The molecule has 0 aliphatic rings. The number of aromatic nitrogens is 3. The highest BCUT2D eigenvalue weighted by Crippen LogP contribution is 2.22. The molecule has 0 saturated heterocycles. The smallest absolute Gasteiger partial charge is 0.269 e. The molecule has 2 aromatic carbocycles. The van der Waals surface area contributed by atoms with E-state index in [-0.39, 0.29) is 35.2 Å². The second-order valence-electron chi connectivity index (χ2n) is 7.21.